The molecule has 0 spiro atoms. The van der Waals surface area contributed by atoms with Gasteiger partial charge in [0.05, 0.1) is 13.2 Å². The Bertz CT molecular complexity index is 408. The molecule has 1 atom stereocenters. The van der Waals surface area contributed by atoms with Crippen LogP contribution in [0, 0.1) is 0 Å². The number of aliphatic hydroxyl groups excluding tert-OH is 1. The summed E-state index contributed by atoms with van der Waals surface area (Å²) in [7, 11) is 1.88. The monoisotopic (exact) mass is 293 g/mol. The van der Waals surface area contributed by atoms with E-state index < -0.39 is 0 Å². The van der Waals surface area contributed by atoms with Crippen LogP contribution in [0.1, 0.15) is 52.5 Å². The highest BCUT2D eigenvalue weighted by Crippen LogP contribution is 2.28. The maximum Gasteiger partial charge on any atom is 0.119 e. The lowest BCUT2D eigenvalue weighted by atomic mass is 9.82. The Morgan fingerprint density at radius 1 is 1.14 bits per heavy atom. The predicted octanol–water partition coefficient (Wildman–Crippen LogP) is 3.50. The fourth-order valence-electron chi connectivity index (χ4n) is 2.14. The maximum absolute atomic E-state index is 9.33. The molecule has 1 unspecified atom stereocenters. The Morgan fingerprint density at radius 2 is 1.76 bits per heavy atom. The topological polar surface area (TPSA) is 41.5 Å². The van der Waals surface area contributed by atoms with Crippen molar-refractivity contribution in [1.82, 2.24) is 5.32 Å². The Labute approximate surface area is 129 Å². The minimum atomic E-state index is -0.210. The van der Waals surface area contributed by atoms with Gasteiger partial charge in [-0.1, -0.05) is 32.9 Å². The zero-order valence-electron chi connectivity index (χ0n) is 14.2. The van der Waals surface area contributed by atoms with Gasteiger partial charge in [-0.25, -0.2) is 0 Å². The second kappa shape index (κ2) is 7.81. The zero-order valence-corrected chi connectivity index (χ0v) is 14.2. The van der Waals surface area contributed by atoms with Crippen LogP contribution in [0.15, 0.2) is 24.3 Å². The molecule has 0 fully saturated rings. The molecule has 0 bridgehead atoms. The van der Waals surface area contributed by atoms with E-state index in [1.54, 1.807) is 0 Å². The molecule has 120 valence electrons. The van der Waals surface area contributed by atoms with Crippen LogP contribution in [0.2, 0.25) is 0 Å². The Balaban J connectivity index is 2.44. The highest BCUT2D eigenvalue weighted by atomic mass is 16.5. The van der Waals surface area contributed by atoms with E-state index in [4.69, 9.17) is 4.74 Å². The third-order valence-corrected chi connectivity index (χ3v) is 4.61. The van der Waals surface area contributed by atoms with E-state index in [-0.39, 0.29) is 17.6 Å². The van der Waals surface area contributed by atoms with Crippen molar-refractivity contribution >= 4 is 0 Å². The van der Waals surface area contributed by atoms with Crippen LogP contribution in [-0.4, -0.2) is 30.9 Å². The molecule has 0 radical (unpaired) electrons. The van der Waals surface area contributed by atoms with Gasteiger partial charge in [-0.15, -0.1) is 0 Å². The molecule has 1 aromatic carbocycles. The summed E-state index contributed by atoms with van der Waals surface area (Å²) in [5.74, 6) is 0.917. The number of aliphatic hydroxyl groups is 1. The first-order valence-corrected chi connectivity index (χ1v) is 7.90. The first-order chi connectivity index (χ1) is 9.87. The molecule has 21 heavy (non-hydrogen) atoms. The normalized spacial score (nSPS) is 14.8. The molecule has 0 heterocycles. The number of hydrogen-bond donors (Lipinski definition) is 2. The summed E-state index contributed by atoms with van der Waals surface area (Å²) in [5.41, 5.74) is 1.35. The van der Waals surface area contributed by atoms with E-state index in [1.807, 2.05) is 14.0 Å². The number of nitrogens with one attached hydrogen (secondary N) is 1. The molecule has 1 aromatic rings. The zero-order chi connectivity index (χ0) is 15.9. The minimum absolute atomic E-state index is 0.143. The van der Waals surface area contributed by atoms with Crippen molar-refractivity contribution in [2.75, 3.05) is 20.3 Å². The lowest BCUT2D eigenvalue weighted by Gasteiger charge is -2.26. The van der Waals surface area contributed by atoms with Crippen molar-refractivity contribution in [1.29, 1.82) is 0 Å². The van der Waals surface area contributed by atoms with Crippen molar-refractivity contribution in [3.8, 4) is 5.75 Å². The average Bonchev–Trinajstić information content (AvgIpc) is 2.51. The van der Waals surface area contributed by atoms with Gasteiger partial charge in [-0.2, -0.15) is 0 Å². The van der Waals surface area contributed by atoms with Gasteiger partial charge in [0.15, 0.2) is 0 Å². The summed E-state index contributed by atoms with van der Waals surface area (Å²) >= 11 is 0. The van der Waals surface area contributed by atoms with E-state index in [1.165, 1.54) is 5.56 Å². The van der Waals surface area contributed by atoms with Crippen LogP contribution in [0.5, 0.6) is 5.75 Å². The van der Waals surface area contributed by atoms with Gasteiger partial charge in [0.1, 0.15) is 5.75 Å². The van der Waals surface area contributed by atoms with Crippen molar-refractivity contribution in [3.63, 3.8) is 0 Å². The average molecular weight is 293 g/mol. The van der Waals surface area contributed by atoms with E-state index in [0.29, 0.717) is 6.61 Å². The van der Waals surface area contributed by atoms with Crippen LogP contribution in [0.4, 0.5) is 0 Å². The molecule has 1 rings (SSSR count). The molecular formula is C18H31NO2. The van der Waals surface area contributed by atoms with Crippen molar-refractivity contribution in [2.24, 2.45) is 0 Å². The largest absolute Gasteiger partial charge is 0.494 e. The van der Waals surface area contributed by atoms with E-state index in [0.717, 1.165) is 25.0 Å². The quantitative estimate of drug-likeness (QED) is 0.685. The molecule has 0 amide bonds. The molecule has 0 saturated carbocycles. The fraction of sp³-hybridized carbons (Fsp3) is 0.667. The van der Waals surface area contributed by atoms with E-state index >= 15 is 0 Å². The Kier molecular flexibility index (Phi) is 6.69. The van der Waals surface area contributed by atoms with Crippen LogP contribution in [0.3, 0.4) is 0 Å². The second-order valence-corrected chi connectivity index (χ2v) is 6.68. The van der Waals surface area contributed by atoms with Crippen molar-refractivity contribution in [3.05, 3.63) is 29.8 Å². The van der Waals surface area contributed by atoms with Crippen molar-refractivity contribution in [2.45, 2.75) is 57.9 Å². The Hall–Kier alpha value is -1.06. The summed E-state index contributed by atoms with van der Waals surface area (Å²) in [6.07, 6.45) is 2.93. The number of rotatable bonds is 9. The number of hydrogen-bond acceptors (Lipinski definition) is 3. The second-order valence-electron chi connectivity index (χ2n) is 6.68. The summed E-state index contributed by atoms with van der Waals surface area (Å²) in [4.78, 5) is 0. The number of likely N-dealkylation sites (N-methyl/N-ethyl adjacent to an activating group) is 1. The lowest BCUT2D eigenvalue weighted by molar-refractivity contribution is 0.163. The summed E-state index contributed by atoms with van der Waals surface area (Å²) in [6, 6.07) is 8.42. The van der Waals surface area contributed by atoms with E-state index in [9.17, 15) is 5.11 Å². The molecule has 0 saturated heterocycles. The Morgan fingerprint density at radius 3 is 2.24 bits per heavy atom. The molecule has 0 aliphatic carbocycles. The standard InChI is InChI=1S/C18H31NO2/c1-6-17(2,3)15-8-10-16(11-9-15)21-13-7-12-18(4,14-20)19-5/h8-11,19-20H,6-7,12-14H2,1-5H3. The van der Waals surface area contributed by atoms with Gasteiger partial charge >= 0.3 is 0 Å². The minimum Gasteiger partial charge on any atom is -0.494 e. The molecule has 3 nitrogen and oxygen atoms in total. The van der Waals surface area contributed by atoms with Gasteiger partial charge in [-0.05, 0) is 56.3 Å². The maximum atomic E-state index is 9.33. The third kappa shape index (κ3) is 5.33. The summed E-state index contributed by atoms with van der Waals surface area (Å²) in [6.45, 7) is 9.57. The molecule has 2 N–H and O–H groups in total. The van der Waals surface area contributed by atoms with Crippen LogP contribution >= 0.6 is 0 Å². The van der Waals surface area contributed by atoms with Crippen molar-refractivity contribution < 1.29 is 9.84 Å². The predicted molar refractivity (Wildman–Crippen MR) is 89.0 cm³/mol. The summed E-state index contributed by atoms with van der Waals surface area (Å²) < 4.78 is 5.78. The molecular weight excluding hydrogens is 262 g/mol. The first kappa shape index (κ1) is 18.0. The fourth-order valence-corrected chi connectivity index (χ4v) is 2.14. The highest BCUT2D eigenvalue weighted by Gasteiger charge is 2.20. The molecule has 0 aliphatic heterocycles. The van der Waals surface area contributed by atoms with Gasteiger partial charge < -0.3 is 15.2 Å². The number of ether oxygens (including phenoxy) is 1. The highest BCUT2D eigenvalue weighted by molar-refractivity contribution is 5.31. The SMILES string of the molecule is CCC(C)(C)c1ccc(OCCCC(C)(CO)NC)cc1. The smallest absolute Gasteiger partial charge is 0.119 e. The van der Waals surface area contributed by atoms with Crippen LogP contribution < -0.4 is 10.1 Å². The molecule has 0 aromatic heterocycles. The van der Waals surface area contributed by atoms with Crippen LogP contribution in [0.25, 0.3) is 0 Å². The van der Waals surface area contributed by atoms with Gasteiger partial charge in [0.25, 0.3) is 0 Å². The van der Waals surface area contributed by atoms with Gasteiger partial charge in [-0.3, -0.25) is 0 Å². The first-order valence-electron chi connectivity index (χ1n) is 7.90. The molecule has 0 aliphatic rings. The lowest BCUT2D eigenvalue weighted by Crippen LogP contribution is -2.43. The molecule has 3 heteroatoms. The van der Waals surface area contributed by atoms with Gasteiger partial charge in [0, 0.05) is 5.54 Å². The summed E-state index contributed by atoms with van der Waals surface area (Å²) in [5, 5.41) is 12.5. The van der Waals surface area contributed by atoms with Crippen LogP contribution in [-0.2, 0) is 5.41 Å². The number of benzene rings is 1. The van der Waals surface area contributed by atoms with E-state index in [2.05, 4.69) is 50.4 Å². The third-order valence-electron chi connectivity index (χ3n) is 4.61. The van der Waals surface area contributed by atoms with Gasteiger partial charge in [0.2, 0.25) is 0 Å².